The summed E-state index contributed by atoms with van der Waals surface area (Å²) in [6.45, 7) is 3.19. The number of ether oxygens (including phenoxy) is 1. The lowest BCUT2D eigenvalue weighted by molar-refractivity contribution is -0.137. The molecule has 1 atom stereocenters. The zero-order valence-corrected chi connectivity index (χ0v) is 10.0. The Bertz CT molecular complexity index is 252. The second-order valence-corrected chi connectivity index (χ2v) is 4.39. The number of carbonyl (C=O) groups excluding carboxylic acids is 1. The molecule has 1 heterocycles. The van der Waals surface area contributed by atoms with Gasteiger partial charge in [0.25, 0.3) is 0 Å². The lowest BCUT2D eigenvalue weighted by atomic mass is 9.98. The van der Waals surface area contributed by atoms with Crippen LogP contribution in [0, 0.1) is 5.92 Å². The van der Waals surface area contributed by atoms with Gasteiger partial charge in [-0.1, -0.05) is 12.2 Å². The molecule has 0 aliphatic carbocycles. The van der Waals surface area contributed by atoms with E-state index in [1.165, 1.54) is 0 Å². The third kappa shape index (κ3) is 3.14. The second kappa shape index (κ2) is 5.42. The van der Waals surface area contributed by atoms with E-state index in [2.05, 4.69) is 0 Å². The van der Waals surface area contributed by atoms with Crippen LogP contribution in [-0.2, 0) is 9.53 Å². The SMILES string of the molecule is CC(C(N)=S)N(C)C(=O)C1CCOCC1. The Morgan fingerprint density at radius 1 is 1.53 bits per heavy atom. The van der Waals surface area contributed by atoms with Gasteiger partial charge in [-0.25, -0.2) is 0 Å². The first-order valence-electron chi connectivity index (χ1n) is 5.17. The second-order valence-electron chi connectivity index (χ2n) is 3.91. The monoisotopic (exact) mass is 230 g/mol. The predicted octanol–water partition coefficient (Wildman–Crippen LogP) is 0.546. The highest BCUT2D eigenvalue weighted by molar-refractivity contribution is 7.80. The molecule has 0 bridgehead atoms. The molecule has 1 fully saturated rings. The lowest BCUT2D eigenvalue weighted by Crippen LogP contribution is -2.46. The van der Waals surface area contributed by atoms with E-state index in [1.54, 1.807) is 11.9 Å². The minimum absolute atomic E-state index is 0.0700. The van der Waals surface area contributed by atoms with E-state index in [-0.39, 0.29) is 17.9 Å². The molecule has 5 heteroatoms. The maximum Gasteiger partial charge on any atom is 0.226 e. The first-order chi connectivity index (χ1) is 7.04. The minimum atomic E-state index is -0.171. The summed E-state index contributed by atoms with van der Waals surface area (Å²) in [5.74, 6) is 0.194. The van der Waals surface area contributed by atoms with Crippen molar-refractivity contribution in [1.29, 1.82) is 0 Å². The van der Waals surface area contributed by atoms with Crippen molar-refractivity contribution in [2.75, 3.05) is 20.3 Å². The van der Waals surface area contributed by atoms with Crippen LogP contribution in [0.25, 0.3) is 0 Å². The number of carbonyl (C=O) groups is 1. The lowest BCUT2D eigenvalue weighted by Gasteiger charge is -2.30. The fourth-order valence-corrected chi connectivity index (χ4v) is 1.77. The molecule has 0 aromatic rings. The van der Waals surface area contributed by atoms with E-state index in [4.69, 9.17) is 22.7 Å². The number of hydrogen-bond acceptors (Lipinski definition) is 3. The van der Waals surface area contributed by atoms with Gasteiger partial charge in [0.2, 0.25) is 5.91 Å². The number of nitrogens with two attached hydrogens (primary N) is 1. The van der Waals surface area contributed by atoms with E-state index >= 15 is 0 Å². The summed E-state index contributed by atoms with van der Waals surface area (Å²) in [7, 11) is 1.75. The third-order valence-electron chi connectivity index (χ3n) is 2.91. The van der Waals surface area contributed by atoms with Gasteiger partial charge in [-0.3, -0.25) is 4.79 Å². The van der Waals surface area contributed by atoms with Crippen LogP contribution in [0.2, 0.25) is 0 Å². The molecule has 0 aromatic carbocycles. The molecular formula is C10H18N2O2S. The summed E-state index contributed by atoms with van der Waals surface area (Å²) in [4.78, 5) is 14.0. The smallest absolute Gasteiger partial charge is 0.226 e. The molecule has 1 saturated heterocycles. The Morgan fingerprint density at radius 3 is 2.53 bits per heavy atom. The van der Waals surface area contributed by atoms with Crippen LogP contribution in [0.5, 0.6) is 0 Å². The highest BCUT2D eigenvalue weighted by Crippen LogP contribution is 2.18. The maximum atomic E-state index is 12.0. The molecule has 15 heavy (non-hydrogen) atoms. The molecular weight excluding hydrogens is 212 g/mol. The van der Waals surface area contributed by atoms with Gasteiger partial charge in [0, 0.05) is 26.2 Å². The molecule has 1 aliphatic heterocycles. The number of amides is 1. The quantitative estimate of drug-likeness (QED) is 0.719. The third-order valence-corrected chi connectivity index (χ3v) is 3.25. The first-order valence-corrected chi connectivity index (χ1v) is 5.58. The van der Waals surface area contributed by atoms with Crippen LogP contribution >= 0.6 is 12.2 Å². The van der Waals surface area contributed by atoms with Crippen LogP contribution in [0.15, 0.2) is 0 Å². The van der Waals surface area contributed by atoms with Crippen molar-refractivity contribution in [3.63, 3.8) is 0 Å². The standard InChI is InChI=1S/C10H18N2O2S/c1-7(9(11)15)12(2)10(13)8-3-5-14-6-4-8/h7-8H,3-6H2,1-2H3,(H2,11,15). The molecule has 4 nitrogen and oxygen atoms in total. The zero-order chi connectivity index (χ0) is 11.4. The number of thiocarbonyl (C=S) groups is 1. The van der Waals surface area contributed by atoms with E-state index in [0.717, 1.165) is 12.8 Å². The summed E-state index contributed by atoms with van der Waals surface area (Å²) in [5.41, 5.74) is 5.52. The van der Waals surface area contributed by atoms with Crippen molar-refractivity contribution >= 4 is 23.1 Å². The van der Waals surface area contributed by atoms with Crippen molar-refractivity contribution < 1.29 is 9.53 Å². The Hall–Kier alpha value is -0.680. The molecule has 2 N–H and O–H groups in total. The zero-order valence-electron chi connectivity index (χ0n) is 9.23. The van der Waals surface area contributed by atoms with Crippen molar-refractivity contribution in [3.8, 4) is 0 Å². The largest absolute Gasteiger partial charge is 0.392 e. The van der Waals surface area contributed by atoms with Crippen LogP contribution in [0.4, 0.5) is 0 Å². The Kier molecular flexibility index (Phi) is 4.47. The van der Waals surface area contributed by atoms with E-state index < -0.39 is 0 Å². The Labute approximate surface area is 95.8 Å². The van der Waals surface area contributed by atoms with Crippen LogP contribution in [-0.4, -0.2) is 42.1 Å². The number of hydrogen-bond donors (Lipinski definition) is 1. The van der Waals surface area contributed by atoms with E-state index in [0.29, 0.717) is 18.2 Å². The molecule has 0 aromatic heterocycles. The minimum Gasteiger partial charge on any atom is -0.392 e. The number of nitrogens with zero attached hydrogens (tertiary/aromatic N) is 1. The average Bonchev–Trinajstić information content (AvgIpc) is 2.27. The Morgan fingerprint density at radius 2 is 2.07 bits per heavy atom. The summed E-state index contributed by atoms with van der Waals surface area (Å²) < 4.78 is 5.22. The van der Waals surface area contributed by atoms with E-state index in [9.17, 15) is 4.79 Å². The van der Waals surface area contributed by atoms with Crippen LogP contribution < -0.4 is 5.73 Å². The molecule has 0 radical (unpaired) electrons. The van der Waals surface area contributed by atoms with Gasteiger partial charge in [-0.05, 0) is 19.8 Å². The fraction of sp³-hybridized carbons (Fsp3) is 0.800. The molecule has 1 rings (SSSR count). The fourth-order valence-electron chi connectivity index (χ4n) is 1.61. The Balaban J connectivity index is 2.54. The average molecular weight is 230 g/mol. The van der Waals surface area contributed by atoms with E-state index in [1.807, 2.05) is 6.92 Å². The van der Waals surface area contributed by atoms with Gasteiger partial charge in [-0.15, -0.1) is 0 Å². The van der Waals surface area contributed by atoms with Gasteiger partial charge >= 0.3 is 0 Å². The summed E-state index contributed by atoms with van der Waals surface area (Å²) in [6, 6.07) is -0.171. The first kappa shape index (κ1) is 12.4. The molecule has 0 saturated carbocycles. The normalized spacial score (nSPS) is 19.6. The van der Waals surface area contributed by atoms with Gasteiger partial charge in [0.15, 0.2) is 0 Å². The highest BCUT2D eigenvalue weighted by atomic mass is 32.1. The molecule has 0 spiro atoms. The topological polar surface area (TPSA) is 55.6 Å². The summed E-state index contributed by atoms with van der Waals surface area (Å²) in [5, 5.41) is 0. The van der Waals surface area contributed by atoms with Crippen molar-refractivity contribution in [2.24, 2.45) is 11.7 Å². The van der Waals surface area contributed by atoms with Gasteiger partial charge in [0.1, 0.15) is 0 Å². The van der Waals surface area contributed by atoms with Gasteiger partial charge < -0.3 is 15.4 Å². The number of likely N-dealkylation sites (N-methyl/N-ethyl adjacent to an activating group) is 1. The number of rotatable bonds is 3. The molecule has 86 valence electrons. The molecule has 1 unspecified atom stereocenters. The molecule has 1 aliphatic rings. The predicted molar refractivity (Wildman–Crippen MR) is 62.6 cm³/mol. The van der Waals surface area contributed by atoms with Gasteiger partial charge in [0.05, 0.1) is 11.0 Å². The highest BCUT2D eigenvalue weighted by Gasteiger charge is 2.27. The summed E-state index contributed by atoms with van der Waals surface area (Å²) in [6.07, 6.45) is 1.60. The van der Waals surface area contributed by atoms with Gasteiger partial charge in [-0.2, -0.15) is 0 Å². The summed E-state index contributed by atoms with van der Waals surface area (Å²) >= 11 is 4.87. The molecule has 1 amide bonds. The van der Waals surface area contributed by atoms with Crippen molar-refractivity contribution in [3.05, 3.63) is 0 Å². The van der Waals surface area contributed by atoms with Crippen molar-refractivity contribution in [1.82, 2.24) is 4.90 Å². The van der Waals surface area contributed by atoms with Crippen LogP contribution in [0.1, 0.15) is 19.8 Å². The van der Waals surface area contributed by atoms with Crippen molar-refractivity contribution in [2.45, 2.75) is 25.8 Å². The van der Waals surface area contributed by atoms with Crippen LogP contribution in [0.3, 0.4) is 0 Å². The maximum absolute atomic E-state index is 12.0.